The molecule has 1 aromatic rings. The number of nitrogens with one attached hydrogen (secondary N) is 1. The van der Waals surface area contributed by atoms with Crippen LogP contribution in [-0.4, -0.2) is 37.2 Å². The molecule has 1 atom stereocenters. The average Bonchev–Trinajstić information content (AvgIpc) is 3.30. The van der Waals surface area contributed by atoms with Gasteiger partial charge >= 0.3 is 5.97 Å². The summed E-state index contributed by atoms with van der Waals surface area (Å²) >= 11 is 0. The number of carboxylic acids is 1. The monoisotopic (exact) mass is 307 g/mol. The highest BCUT2D eigenvalue weighted by atomic mass is 16.5. The minimum absolute atomic E-state index is 0.321. The Hall–Kier alpha value is -2.24. The Balaban J connectivity index is 2.18. The molecule has 0 saturated heterocycles. The first-order valence-electron chi connectivity index (χ1n) is 7.22. The molecule has 1 saturated carbocycles. The number of hydrogen-bond donors (Lipinski definition) is 2. The number of aliphatic carboxylic acids is 1. The summed E-state index contributed by atoms with van der Waals surface area (Å²) in [5, 5.41) is 11.8. The normalized spacial score (nSPS) is 15.0. The minimum atomic E-state index is -1.01. The smallest absolute Gasteiger partial charge is 0.326 e. The molecular formula is C16H21NO5. The maximum Gasteiger partial charge on any atom is 0.326 e. The van der Waals surface area contributed by atoms with E-state index in [1.807, 2.05) is 6.92 Å². The van der Waals surface area contributed by atoms with Crippen LogP contribution in [0.15, 0.2) is 12.1 Å². The van der Waals surface area contributed by atoms with E-state index in [9.17, 15) is 14.7 Å². The lowest BCUT2D eigenvalue weighted by atomic mass is 10.1. The van der Waals surface area contributed by atoms with Crippen molar-refractivity contribution in [2.24, 2.45) is 5.92 Å². The number of amides is 1. The molecular weight excluding hydrogens is 286 g/mol. The first-order valence-corrected chi connectivity index (χ1v) is 7.22. The summed E-state index contributed by atoms with van der Waals surface area (Å²) in [6.45, 7) is 1.83. The van der Waals surface area contributed by atoms with Gasteiger partial charge in [-0.25, -0.2) is 4.79 Å². The zero-order valence-corrected chi connectivity index (χ0v) is 13.0. The zero-order chi connectivity index (χ0) is 16.3. The second-order valence-corrected chi connectivity index (χ2v) is 5.55. The third-order valence-corrected chi connectivity index (χ3v) is 3.88. The van der Waals surface area contributed by atoms with Gasteiger partial charge in [-0.2, -0.15) is 0 Å². The van der Waals surface area contributed by atoms with Crippen molar-refractivity contribution in [1.82, 2.24) is 5.32 Å². The van der Waals surface area contributed by atoms with E-state index >= 15 is 0 Å². The van der Waals surface area contributed by atoms with Gasteiger partial charge in [-0.15, -0.1) is 0 Å². The number of benzene rings is 1. The molecule has 0 aliphatic heterocycles. The number of methoxy groups -OCH3 is 2. The van der Waals surface area contributed by atoms with Gasteiger partial charge in [-0.3, -0.25) is 4.79 Å². The van der Waals surface area contributed by atoms with Crippen molar-refractivity contribution in [2.45, 2.75) is 32.2 Å². The van der Waals surface area contributed by atoms with E-state index in [1.54, 1.807) is 12.1 Å². The van der Waals surface area contributed by atoms with E-state index in [0.717, 1.165) is 18.4 Å². The van der Waals surface area contributed by atoms with E-state index < -0.39 is 17.9 Å². The topological polar surface area (TPSA) is 84.9 Å². The molecule has 1 fully saturated rings. The molecule has 1 aliphatic rings. The van der Waals surface area contributed by atoms with E-state index in [-0.39, 0.29) is 0 Å². The number of ether oxygens (including phenoxy) is 2. The van der Waals surface area contributed by atoms with E-state index in [4.69, 9.17) is 9.47 Å². The molecule has 1 aromatic carbocycles. The third kappa shape index (κ3) is 3.69. The average molecular weight is 307 g/mol. The van der Waals surface area contributed by atoms with Gasteiger partial charge in [-0.1, -0.05) is 12.8 Å². The summed E-state index contributed by atoms with van der Waals surface area (Å²) in [5.41, 5.74) is 1.11. The van der Waals surface area contributed by atoms with Crippen LogP contribution in [0.2, 0.25) is 0 Å². The van der Waals surface area contributed by atoms with Gasteiger partial charge in [0, 0.05) is 11.1 Å². The summed E-state index contributed by atoms with van der Waals surface area (Å²) in [4.78, 5) is 23.6. The van der Waals surface area contributed by atoms with Crippen molar-refractivity contribution in [3.8, 4) is 11.5 Å². The van der Waals surface area contributed by atoms with Crippen LogP contribution in [0.25, 0.3) is 0 Å². The largest absolute Gasteiger partial charge is 0.496 e. The van der Waals surface area contributed by atoms with Gasteiger partial charge in [0.05, 0.1) is 14.2 Å². The van der Waals surface area contributed by atoms with E-state index in [0.29, 0.717) is 29.4 Å². The number of hydrogen-bond acceptors (Lipinski definition) is 4. The number of carbonyl (C=O) groups excluding carboxylic acids is 1. The Kier molecular flexibility index (Phi) is 4.90. The van der Waals surface area contributed by atoms with Crippen molar-refractivity contribution >= 4 is 11.9 Å². The fourth-order valence-electron chi connectivity index (χ4n) is 2.37. The van der Waals surface area contributed by atoms with Crippen LogP contribution in [0, 0.1) is 12.8 Å². The lowest BCUT2D eigenvalue weighted by molar-refractivity contribution is -0.139. The Bertz CT molecular complexity index is 555. The van der Waals surface area contributed by atoms with Crippen molar-refractivity contribution in [2.75, 3.05) is 14.2 Å². The number of rotatable bonds is 7. The van der Waals surface area contributed by atoms with Crippen LogP contribution in [-0.2, 0) is 4.79 Å². The van der Waals surface area contributed by atoms with Crippen LogP contribution in [0.5, 0.6) is 11.5 Å². The maximum absolute atomic E-state index is 12.3. The Labute approximate surface area is 129 Å². The molecule has 1 unspecified atom stereocenters. The van der Waals surface area contributed by atoms with Gasteiger partial charge in [0.15, 0.2) is 0 Å². The lowest BCUT2D eigenvalue weighted by Gasteiger charge is -2.16. The molecule has 0 aromatic heterocycles. The summed E-state index contributed by atoms with van der Waals surface area (Å²) in [7, 11) is 3.02. The summed E-state index contributed by atoms with van der Waals surface area (Å²) in [6, 6.07) is 2.31. The highest BCUT2D eigenvalue weighted by molar-refractivity contribution is 5.97. The van der Waals surface area contributed by atoms with Crippen LogP contribution >= 0.6 is 0 Å². The Morgan fingerprint density at radius 3 is 2.23 bits per heavy atom. The summed E-state index contributed by atoms with van der Waals surface area (Å²) in [5.74, 6) is 0.0107. The molecule has 2 rings (SSSR count). The molecule has 6 heteroatoms. The van der Waals surface area contributed by atoms with Gasteiger partial charge in [0.2, 0.25) is 0 Å². The first kappa shape index (κ1) is 16.1. The first-order chi connectivity index (χ1) is 10.5. The lowest BCUT2D eigenvalue weighted by Crippen LogP contribution is -2.41. The zero-order valence-electron chi connectivity index (χ0n) is 13.0. The number of carbonyl (C=O) groups is 2. The van der Waals surface area contributed by atoms with Gasteiger partial charge < -0.3 is 19.9 Å². The molecule has 6 nitrogen and oxygen atoms in total. The van der Waals surface area contributed by atoms with Crippen molar-refractivity contribution in [3.05, 3.63) is 23.3 Å². The second kappa shape index (κ2) is 6.68. The van der Waals surface area contributed by atoms with Crippen molar-refractivity contribution < 1.29 is 24.2 Å². The third-order valence-electron chi connectivity index (χ3n) is 3.88. The molecule has 120 valence electrons. The molecule has 1 aliphatic carbocycles. The Morgan fingerprint density at radius 2 is 1.82 bits per heavy atom. The molecule has 0 bridgehead atoms. The standard InChI is InChI=1S/C16H21NO5/c1-9-13(21-2)7-11(8-14(9)22-3)15(18)17-12(16(19)20)6-10-4-5-10/h7-8,10,12H,4-6H2,1-3H3,(H,17,18)(H,19,20). The summed E-state index contributed by atoms with van der Waals surface area (Å²) < 4.78 is 10.5. The maximum atomic E-state index is 12.3. The molecule has 1 amide bonds. The van der Waals surface area contributed by atoms with Crippen LogP contribution in [0.4, 0.5) is 0 Å². The SMILES string of the molecule is COc1cc(C(=O)NC(CC2CC2)C(=O)O)cc(OC)c1C. The highest BCUT2D eigenvalue weighted by Crippen LogP contribution is 2.34. The molecule has 22 heavy (non-hydrogen) atoms. The van der Waals surface area contributed by atoms with E-state index in [1.165, 1.54) is 14.2 Å². The predicted molar refractivity (Wildman–Crippen MR) is 80.5 cm³/mol. The van der Waals surface area contributed by atoms with Gasteiger partial charge in [-0.05, 0) is 31.4 Å². The Morgan fingerprint density at radius 1 is 1.27 bits per heavy atom. The van der Waals surface area contributed by atoms with Crippen LogP contribution in [0.3, 0.4) is 0 Å². The highest BCUT2D eigenvalue weighted by Gasteiger charge is 2.30. The molecule has 0 spiro atoms. The quantitative estimate of drug-likeness (QED) is 0.805. The molecule has 2 N–H and O–H groups in total. The number of carboxylic acid groups (broad SMARTS) is 1. The fourth-order valence-corrected chi connectivity index (χ4v) is 2.37. The van der Waals surface area contributed by atoms with E-state index in [2.05, 4.69) is 5.32 Å². The van der Waals surface area contributed by atoms with Crippen LogP contribution < -0.4 is 14.8 Å². The molecule has 0 radical (unpaired) electrons. The van der Waals surface area contributed by atoms with Crippen LogP contribution in [0.1, 0.15) is 35.2 Å². The minimum Gasteiger partial charge on any atom is -0.496 e. The van der Waals surface area contributed by atoms with Gasteiger partial charge in [0.25, 0.3) is 5.91 Å². The fraction of sp³-hybridized carbons (Fsp3) is 0.500. The van der Waals surface area contributed by atoms with Gasteiger partial charge in [0.1, 0.15) is 17.5 Å². The van der Waals surface area contributed by atoms with Crippen molar-refractivity contribution in [3.63, 3.8) is 0 Å². The predicted octanol–water partition coefficient (Wildman–Crippen LogP) is 2.00. The van der Waals surface area contributed by atoms with Crippen molar-refractivity contribution in [1.29, 1.82) is 0 Å². The second-order valence-electron chi connectivity index (χ2n) is 5.55. The summed E-state index contributed by atoms with van der Waals surface area (Å²) in [6.07, 6.45) is 2.54. The molecule has 0 heterocycles.